The number of H-pyrrole nitrogens is 1. The van der Waals surface area contributed by atoms with E-state index in [9.17, 15) is 0 Å². The summed E-state index contributed by atoms with van der Waals surface area (Å²) >= 11 is 13.0. The van der Waals surface area contributed by atoms with Gasteiger partial charge >= 0.3 is 0 Å². The van der Waals surface area contributed by atoms with Crippen LogP contribution >= 0.6 is 34.5 Å². The van der Waals surface area contributed by atoms with Gasteiger partial charge in [-0.3, -0.25) is 5.10 Å². The minimum atomic E-state index is 0.438. The highest BCUT2D eigenvalue weighted by molar-refractivity contribution is 7.20. The van der Waals surface area contributed by atoms with Crippen LogP contribution in [0.2, 0.25) is 8.67 Å². The summed E-state index contributed by atoms with van der Waals surface area (Å²) in [7, 11) is 0. The van der Waals surface area contributed by atoms with Crippen molar-refractivity contribution < 1.29 is 0 Å². The van der Waals surface area contributed by atoms with E-state index in [-0.39, 0.29) is 0 Å². The molecule has 0 bridgehead atoms. The number of nitrogens with zero attached hydrogens (tertiary/aromatic N) is 1. The molecule has 0 aliphatic heterocycles. The molecule has 0 spiro atoms. The van der Waals surface area contributed by atoms with Crippen LogP contribution in [-0.4, -0.2) is 10.2 Å². The number of thiophene rings is 1. The molecule has 2 aromatic rings. The molecule has 0 saturated carbocycles. The minimum Gasteiger partial charge on any atom is -0.382 e. The van der Waals surface area contributed by atoms with E-state index < -0.39 is 0 Å². The molecule has 0 aliphatic rings. The quantitative estimate of drug-likeness (QED) is 0.796. The van der Waals surface area contributed by atoms with Gasteiger partial charge in [0.15, 0.2) is 0 Å². The van der Waals surface area contributed by atoms with E-state index in [4.69, 9.17) is 28.9 Å². The third-order valence-corrected chi connectivity index (χ3v) is 3.03. The van der Waals surface area contributed by atoms with Crippen LogP contribution in [0.15, 0.2) is 12.1 Å². The van der Waals surface area contributed by atoms with E-state index in [1.165, 1.54) is 11.3 Å². The van der Waals surface area contributed by atoms with Gasteiger partial charge in [-0.1, -0.05) is 23.2 Å². The average Bonchev–Trinajstić information content (AvgIpc) is 2.58. The minimum absolute atomic E-state index is 0.438. The van der Waals surface area contributed by atoms with Crippen molar-refractivity contribution in [2.24, 2.45) is 0 Å². The van der Waals surface area contributed by atoms with Crippen LogP contribution in [0.1, 0.15) is 0 Å². The maximum Gasteiger partial charge on any atom is 0.145 e. The lowest BCUT2D eigenvalue weighted by Crippen LogP contribution is -1.81. The molecule has 0 amide bonds. The van der Waals surface area contributed by atoms with Crippen molar-refractivity contribution in [3.05, 3.63) is 20.8 Å². The SMILES string of the molecule is Nc1cc(-c2cc(Cl)sc2Cl)[nH]n1. The lowest BCUT2D eigenvalue weighted by atomic mass is 10.2. The number of hydrogen-bond acceptors (Lipinski definition) is 3. The zero-order chi connectivity index (χ0) is 9.42. The molecular weight excluding hydrogens is 229 g/mol. The molecule has 13 heavy (non-hydrogen) atoms. The number of aromatic amines is 1. The number of nitrogens with two attached hydrogens (primary N) is 1. The number of nitrogen functional groups attached to an aromatic ring is 1. The van der Waals surface area contributed by atoms with Gasteiger partial charge in [-0.05, 0) is 6.07 Å². The van der Waals surface area contributed by atoms with Crippen molar-refractivity contribution in [2.75, 3.05) is 5.73 Å². The van der Waals surface area contributed by atoms with Gasteiger partial charge in [0, 0.05) is 11.6 Å². The highest BCUT2D eigenvalue weighted by Crippen LogP contribution is 2.37. The van der Waals surface area contributed by atoms with Crippen LogP contribution in [0.3, 0.4) is 0 Å². The van der Waals surface area contributed by atoms with Gasteiger partial charge in [0.2, 0.25) is 0 Å². The summed E-state index contributed by atoms with van der Waals surface area (Å²) in [6, 6.07) is 3.49. The van der Waals surface area contributed by atoms with Gasteiger partial charge in [-0.2, -0.15) is 5.10 Å². The summed E-state index contributed by atoms with van der Waals surface area (Å²) in [5.41, 5.74) is 7.07. The predicted molar refractivity (Wildman–Crippen MR) is 56.3 cm³/mol. The molecule has 0 aliphatic carbocycles. The second-order valence-corrected chi connectivity index (χ2v) is 4.73. The second-order valence-electron chi connectivity index (χ2n) is 2.44. The molecule has 0 radical (unpaired) electrons. The smallest absolute Gasteiger partial charge is 0.145 e. The van der Waals surface area contributed by atoms with E-state index in [0.717, 1.165) is 11.3 Å². The van der Waals surface area contributed by atoms with Crippen molar-refractivity contribution in [1.82, 2.24) is 10.2 Å². The van der Waals surface area contributed by atoms with Gasteiger partial charge in [0.25, 0.3) is 0 Å². The van der Waals surface area contributed by atoms with Gasteiger partial charge < -0.3 is 5.73 Å². The Kier molecular flexibility index (Phi) is 2.19. The molecule has 3 N–H and O–H groups in total. The van der Waals surface area contributed by atoms with Crippen molar-refractivity contribution in [1.29, 1.82) is 0 Å². The van der Waals surface area contributed by atoms with Crippen LogP contribution < -0.4 is 5.73 Å². The van der Waals surface area contributed by atoms with Crippen molar-refractivity contribution in [3.8, 4) is 11.3 Å². The van der Waals surface area contributed by atoms with Crippen LogP contribution in [0.5, 0.6) is 0 Å². The fourth-order valence-corrected chi connectivity index (χ4v) is 2.49. The Hall–Kier alpha value is -0.710. The number of anilines is 1. The van der Waals surface area contributed by atoms with E-state index in [1.54, 1.807) is 12.1 Å². The monoisotopic (exact) mass is 233 g/mol. The molecular formula is C7H5Cl2N3S. The van der Waals surface area contributed by atoms with E-state index >= 15 is 0 Å². The third-order valence-electron chi connectivity index (χ3n) is 1.54. The van der Waals surface area contributed by atoms with Crippen molar-refractivity contribution in [3.63, 3.8) is 0 Å². The summed E-state index contributed by atoms with van der Waals surface area (Å²) in [4.78, 5) is 0. The summed E-state index contributed by atoms with van der Waals surface area (Å²) in [6.45, 7) is 0. The van der Waals surface area contributed by atoms with E-state index in [2.05, 4.69) is 10.2 Å². The highest BCUT2D eigenvalue weighted by atomic mass is 35.5. The second kappa shape index (κ2) is 3.21. The molecule has 0 saturated heterocycles. The summed E-state index contributed by atoms with van der Waals surface area (Å²) in [5.74, 6) is 0.438. The number of halogens is 2. The van der Waals surface area contributed by atoms with Gasteiger partial charge in [-0.25, -0.2) is 0 Å². The average molecular weight is 234 g/mol. The third kappa shape index (κ3) is 1.65. The van der Waals surface area contributed by atoms with Crippen LogP contribution in [0.25, 0.3) is 11.3 Å². The molecule has 2 heterocycles. The first-order valence-electron chi connectivity index (χ1n) is 3.43. The van der Waals surface area contributed by atoms with Gasteiger partial charge in [0.1, 0.15) is 10.2 Å². The van der Waals surface area contributed by atoms with E-state index in [0.29, 0.717) is 14.5 Å². The summed E-state index contributed by atoms with van der Waals surface area (Å²) in [5, 5.41) is 6.56. The molecule has 0 atom stereocenters. The zero-order valence-corrected chi connectivity index (χ0v) is 8.67. The maximum absolute atomic E-state index is 5.93. The Morgan fingerprint density at radius 1 is 1.38 bits per heavy atom. The van der Waals surface area contributed by atoms with E-state index in [1.807, 2.05) is 0 Å². The Balaban J connectivity index is 2.51. The largest absolute Gasteiger partial charge is 0.382 e. The number of aromatic nitrogens is 2. The normalized spacial score (nSPS) is 10.6. The fraction of sp³-hybridized carbons (Fsp3) is 0. The van der Waals surface area contributed by atoms with Crippen molar-refractivity contribution in [2.45, 2.75) is 0 Å². The molecule has 3 nitrogen and oxygen atoms in total. The maximum atomic E-state index is 5.93. The Bertz CT molecular complexity index is 435. The highest BCUT2D eigenvalue weighted by Gasteiger charge is 2.09. The topological polar surface area (TPSA) is 54.7 Å². The molecule has 6 heteroatoms. The first kappa shape index (κ1) is 8.87. The zero-order valence-electron chi connectivity index (χ0n) is 6.34. The molecule has 2 rings (SSSR count). The number of hydrogen-bond donors (Lipinski definition) is 2. The molecule has 68 valence electrons. The van der Waals surface area contributed by atoms with Crippen LogP contribution in [0.4, 0.5) is 5.82 Å². The number of rotatable bonds is 1. The Morgan fingerprint density at radius 2 is 2.15 bits per heavy atom. The van der Waals surface area contributed by atoms with Crippen LogP contribution in [0, 0.1) is 0 Å². The van der Waals surface area contributed by atoms with Gasteiger partial charge in [0.05, 0.1) is 10.0 Å². The first-order chi connectivity index (χ1) is 6.16. The summed E-state index contributed by atoms with van der Waals surface area (Å²) < 4.78 is 1.28. The first-order valence-corrected chi connectivity index (χ1v) is 5.00. The fourth-order valence-electron chi connectivity index (χ4n) is 0.999. The standard InChI is InChI=1S/C7H5Cl2N3S/c8-5-1-3(7(9)13-5)4-2-6(10)12-11-4/h1-2H,(H3,10,11,12). The Morgan fingerprint density at radius 3 is 2.62 bits per heavy atom. The summed E-state index contributed by atoms with van der Waals surface area (Å²) in [6.07, 6.45) is 0. The molecule has 0 aromatic carbocycles. The van der Waals surface area contributed by atoms with Crippen molar-refractivity contribution >= 4 is 40.4 Å². The predicted octanol–water partition coefficient (Wildman–Crippen LogP) is 3.03. The lowest BCUT2D eigenvalue weighted by molar-refractivity contribution is 1.10. The lowest BCUT2D eigenvalue weighted by Gasteiger charge is -1.90. The number of nitrogens with one attached hydrogen (secondary N) is 1. The Labute approximate surface area is 88.5 Å². The molecule has 2 aromatic heterocycles. The molecule has 0 fully saturated rings. The molecule has 0 unspecified atom stereocenters. The van der Waals surface area contributed by atoms with Gasteiger partial charge in [-0.15, -0.1) is 11.3 Å². The van der Waals surface area contributed by atoms with Crippen LogP contribution in [-0.2, 0) is 0 Å².